The number of hydrogen-bond acceptors (Lipinski definition) is 10. The van der Waals surface area contributed by atoms with Crippen LogP contribution in [0.1, 0.15) is 109 Å². The summed E-state index contributed by atoms with van der Waals surface area (Å²) < 4.78 is 0. The summed E-state index contributed by atoms with van der Waals surface area (Å²) in [6.45, 7) is 10.6. The molecule has 4 N–H and O–H groups in total. The summed E-state index contributed by atoms with van der Waals surface area (Å²) in [5.41, 5.74) is 2.92. The fourth-order valence-electron chi connectivity index (χ4n) is 8.01. The Morgan fingerprint density at radius 3 is 1.58 bits per heavy atom. The van der Waals surface area contributed by atoms with E-state index >= 15 is 0 Å². The van der Waals surface area contributed by atoms with Crippen molar-refractivity contribution in [3.63, 3.8) is 0 Å². The van der Waals surface area contributed by atoms with Crippen LogP contribution in [0.15, 0.2) is 67.1 Å². The summed E-state index contributed by atoms with van der Waals surface area (Å²) in [7, 11) is 0. The highest BCUT2D eigenvalue weighted by molar-refractivity contribution is 6.30. The zero-order chi connectivity index (χ0) is 41.9. The molecule has 13 heteroatoms. The Morgan fingerprint density at radius 2 is 1.22 bits per heavy atom. The third-order valence-corrected chi connectivity index (χ3v) is 12.7. The summed E-state index contributed by atoms with van der Waals surface area (Å²) in [5, 5.41) is 36.2. The van der Waals surface area contributed by atoms with Crippen LogP contribution in [-0.2, 0) is 20.4 Å². The van der Waals surface area contributed by atoms with E-state index in [-0.39, 0.29) is 12.1 Å². The van der Waals surface area contributed by atoms with E-state index in [9.17, 15) is 19.8 Å². The van der Waals surface area contributed by atoms with Gasteiger partial charge in [0.1, 0.15) is 5.82 Å². The van der Waals surface area contributed by atoms with Crippen molar-refractivity contribution >= 4 is 58.1 Å². The number of anilines is 6. The number of aromatic nitrogens is 3. The molecule has 0 unspecified atom stereocenters. The molecular formula is C46H55ClN8O4. The number of nitrogens with zero attached hydrogens (tertiary/aromatic N) is 6. The van der Waals surface area contributed by atoms with Crippen molar-refractivity contribution in [3.05, 3.63) is 88.8 Å². The molecule has 0 amide bonds. The van der Waals surface area contributed by atoms with Crippen LogP contribution in [0.25, 0.3) is 0 Å². The molecule has 4 fully saturated rings. The molecule has 0 radical (unpaired) electrons. The Balaban J connectivity index is 0.000000179. The molecular weight excluding hydrogens is 764 g/mol. The van der Waals surface area contributed by atoms with Crippen LogP contribution in [0.3, 0.4) is 0 Å². The van der Waals surface area contributed by atoms with E-state index in [4.69, 9.17) is 26.8 Å². The van der Waals surface area contributed by atoms with E-state index in [2.05, 4.69) is 59.2 Å². The molecule has 4 aliphatic carbocycles. The van der Waals surface area contributed by atoms with E-state index in [0.29, 0.717) is 53.9 Å². The molecule has 3 aromatic heterocycles. The topological polar surface area (TPSA) is 168 Å². The normalized spacial score (nSPS) is 17.4. The first-order valence-corrected chi connectivity index (χ1v) is 21.4. The number of nitrogens with one attached hydrogen (secondary N) is 2. The first-order valence-electron chi connectivity index (χ1n) is 21.0. The average Bonchev–Trinajstić information content (AvgIpc) is 4.11. The third kappa shape index (κ3) is 9.26. The minimum Gasteiger partial charge on any atom is -0.481 e. The minimum absolute atomic E-state index is 0.280. The Kier molecular flexibility index (Phi) is 12.3. The second kappa shape index (κ2) is 17.4. The maximum absolute atomic E-state index is 12.0. The number of carbonyl (C=O) groups is 2. The number of carboxylic acid groups (broad SMARTS) is 2. The molecule has 0 atom stereocenters. The second-order valence-corrected chi connectivity index (χ2v) is 17.8. The van der Waals surface area contributed by atoms with Gasteiger partial charge in [-0.1, -0.05) is 24.4 Å². The number of benzene rings is 1. The first-order chi connectivity index (χ1) is 28.3. The van der Waals surface area contributed by atoms with E-state index in [1.54, 1.807) is 36.8 Å². The van der Waals surface area contributed by atoms with Gasteiger partial charge in [0.2, 0.25) is 0 Å². The molecule has 4 aromatic rings. The lowest BCUT2D eigenvalue weighted by atomic mass is 9.65. The van der Waals surface area contributed by atoms with Crippen LogP contribution >= 0.6 is 11.6 Å². The number of rotatable bonds is 16. The maximum Gasteiger partial charge on any atom is 0.314 e. The molecule has 0 spiro atoms. The number of nitriles is 1. The number of pyridine rings is 3. The summed E-state index contributed by atoms with van der Waals surface area (Å²) in [6, 6.07) is 17.5. The number of aliphatic carboxylic acids is 2. The molecule has 310 valence electrons. The lowest BCUT2D eigenvalue weighted by Gasteiger charge is -2.38. The zero-order valence-corrected chi connectivity index (χ0v) is 35.2. The van der Waals surface area contributed by atoms with Crippen molar-refractivity contribution in [2.45, 2.75) is 115 Å². The second-order valence-electron chi connectivity index (χ2n) is 17.4. The average molecular weight is 819 g/mol. The van der Waals surface area contributed by atoms with Gasteiger partial charge in [-0.3, -0.25) is 9.59 Å². The van der Waals surface area contributed by atoms with Gasteiger partial charge in [0.05, 0.1) is 38.9 Å². The fourth-order valence-corrected chi connectivity index (χ4v) is 8.12. The van der Waals surface area contributed by atoms with Gasteiger partial charge in [-0.2, -0.15) is 5.26 Å². The van der Waals surface area contributed by atoms with E-state index < -0.39 is 22.8 Å². The molecule has 59 heavy (non-hydrogen) atoms. The Bertz CT molecular complexity index is 2170. The smallest absolute Gasteiger partial charge is 0.314 e. The lowest BCUT2D eigenvalue weighted by Crippen LogP contribution is -2.42. The molecule has 0 saturated heterocycles. The molecule has 8 rings (SSSR count). The van der Waals surface area contributed by atoms with Gasteiger partial charge >= 0.3 is 11.9 Å². The maximum atomic E-state index is 12.0. The molecule has 3 heterocycles. The van der Waals surface area contributed by atoms with Crippen LogP contribution in [0, 0.1) is 23.2 Å². The SMILES string of the molecule is CC(C)N(CC1CC1)c1ncc(C2(C(=O)O)CCC2)cc1Nc1ccc(C#N)cc1.CC(C)N(CC1CC1)c1ncc(C2(C(=O)O)CCC2)cc1Nc1ccc(Cl)cn1. The van der Waals surface area contributed by atoms with Crippen molar-refractivity contribution < 1.29 is 19.8 Å². The number of hydrogen-bond donors (Lipinski definition) is 4. The van der Waals surface area contributed by atoms with Crippen molar-refractivity contribution in [1.29, 1.82) is 5.26 Å². The molecule has 4 saturated carbocycles. The summed E-state index contributed by atoms with van der Waals surface area (Å²) in [5.74, 6) is 2.21. The molecule has 1 aromatic carbocycles. The van der Waals surface area contributed by atoms with Gasteiger partial charge in [-0.25, -0.2) is 15.0 Å². The molecule has 0 aliphatic heterocycles. The van der Waals surface area contributed by atoms with E-state index in [0.717, 1.165) is 65.8 Å². The van der Waals surface area contributed by atoms with Crippen LogP contribution in [-0.4, -0.2) is 62.3 Å². The van der Waals surface area contributed by atoms with E-state index in [1.165, 1.54) is 25.7 Å². The number of carboxylic acids is 2. The Hall–Kier alpha value is -5.41. The highest BCUT2D eigenvalue weighted by Gasteiger charge is 2.48. The van der Waals surface area contributed by atoms with Gasteiger partial charge < -0.3 is 30.6 Å². The monoisotopic (exact) mass is 818 g/mol. The molecule has 0 bridgehead atoms. The van der Waals surface area contributed by atoms with Gasteiger partial charge in [0.15, 0.2) is 11.6 Å². The highest BCUT2D eigenvalue weighted by Crippen LogP contribution is 2.47. The molecule has 4 aliphatic rings. The van der Waals surface area contributed by atoms with Gasteiger partial charge in [0, 0.05) is 49.5 Å². The summed E-state index contributed by atoms with van der Waals surface area (Å²) in [6.07, 6.45) is 14.6. The summed E-state index contributed by atoms with van der Waals surface area (Å²) in [4.78, 5) is 42.6. The Labute approximate surface area is 352 Å². The van der Waals surface area contributed by atoms with Gasteiger partial charge in [-0.15, -0.1) is 0 Å². The van der Waals surface area contributed by atoms with E-state index in [1.807, 2.05) is 30.3 Å². The molecule has 12 nitrogen and oxygen atoms in total. The van der Waals surface area contributed by atoms with Gasteiger partial charge in [0.25, 0.3) is 0 Å². The van der Waals surface area contributed by atoms with Crippen LogP contribution in [0.2, 0.25) is 5.02 Å². The summed E-state index contributed by atoms with van der Waals surface area (Å²) >= 11 is 5.97. The number of halogens is 1. The van der Waals surface area contributed by atoms with Crippen LogP contribution in [0.5, 0.6) is 0 Å². The largest absolute Gasteiger partial charge is 0.481 e. The van der Waals surface area contributed by atoms with Crippen molar-refractivity contribution in [3.8, 4) is 6.07 Å². The zero-order valence-electron chi connectivity index (χ0n) is 34.4. The van der Waals surface area contributed by atoms with Gasteiger partial charge in [-0.05, 0) is 151 Å². The Morgan fingerprint density at radius 1 is 0.746 bits per heavy atom. The standard InChI is InChI=1S/C24H28N4O2.C22H27ClN4O2/c1-16(2)28(15-18-4-5-18)22-21(27-20-8-6-17(13-25)7-9-20)12-19(14-26-22)24(23(29)30)10-3-11-24;1-14(2)27(13-15-4-5-15)20-18(26-19-7-6-17(23)12-24-19)10-16(11-25-20)22(21(28)29)8-3-9-22/h6-9,12,14,16,18,27H,3-5,10-11,15H2,1-2H3,(H,29,30);6-7,10-12,14-15H,3-5,8-9,13H2,1-2H3,(H,24,26)(H,28,29). The van der Waals surface area contributed by atoms with Crippen molar-refractivity contribution in [2.75, 3.05) is 33.5 Å². The minimum atomic E-state index is -0.828. The van der Waals surface area contributed by atoms with Crippen molar-refractivity contribution in [1.82, 2.24) is 15.0 Å². The predicted molar refractivity (Wildman–Crippen MR) is 232 cm³/mol. The lowest BCUT2D eigenvalue weighted by molar-refractivity contribution is -0.148. The quantitative estimate of drug-likeness (QED) is 0.0846. The fraction of sp³-hybridized carbons (Fsp3) is 0.478. The van der Waals surface area contributed by atoms with Crippen LogP contribution in [0.4, 0.5) is 34.5 Å². The van der Waals surface area contributed by atoms with Crippen LogP contribution < -0.4 is 20.4 Å². The van der Waals surface area contributed by atoms with Crippen molar-refractivity contribution in [2.24, 2.45) is 11.8 Å². The third-order valence-electron chi connectivity index (χ3n) is 12.4. The predicted octanol–water partition coefficient (Wildman–Crippen LogP) is 9.83. The first kappa shape index (κ1) is 41.7. The highest BCUT2D eigenvalue weighted by atomic mass is 35.5.